The van der Waals surface area contributed by atoms with Gasteiger partial charge < -0.3 is 15.9 Å². The molecule has 5 heteroatoms. The lowest BCUT2D eigenvalue weighted by atomic mass is 9.95. The molecule has 1 fully saturated rings. The Kier molecular flexibility index (Phi) is 2.32. The van der Waals surface area contributed by atoms with E-state index < -0.39 is 23.9 Å². The Balaban J connectivity index is 2.64. The van der Waals surface area contributed by atoms with Crippen LogP contribution >= 0.6 is 0 Å². The average molecular weight is 173 g/mol. The van der Waals surface area contributed by atoms with E-state index in [-0.39, 0.29) is 5.92 Å². The Labute approximate surface area is 69.2 Å². The van der Waals surface area contributed by atoms with Gasteiger partial charge >= 0.3 is 11.9 Å². The van der Waals surface area contributed by atoms with Crippen LogP contribution < -0.4 is 5.73 Å². The summed E-state index contributed by atoms with van der Waals surface area (Å²) >= 11 is 0. The fraction of sp³-hybridized carbons (Fsp3) is 0.714. The van der Waals surface area contributed by atoms with Crippen LogP contribution in [0.4, 0.5) is 0 Å². The van der Waals surface area contributed by atoms with E-state index in [0.29, 0.717) is 0 Å². The van der Waals surface area contributed by atoms with Crippen molar-refractivity contribution in [2.45, 2.75) is 18.9 Å². The summed E-state index contributed by atoms with van der Waals surface area (Å²) in [7, 11) is 0. The van der Waals surface area contributed by atoms with Gasteiger partial charge in [0.2, 0.25) is 0 Å². The van der Waals surface area contributed by atoms with Crippen molar-refractivity contribution in [1.29, 1.82) is 0 Å². The fourth-order valence-electron chi connectivity index (χ4n) is 1.26. The van der Waals surface area contributed by atoms with Crippen LogP contribution in [-0.2, 0) is 9.59 Å². The minimum absolute atomic E-state index is 0.0337. The first-order valence-electron chi connectivity index (χ1n) is 3.75. The zero-order valence-electron chi connectivity index (χ0n) is 6.43. The maximum Gasteiger partial charge on any atom is 0.321 e. The molecule has 0 aromatic heterocycles. The van der Waals surface area contributed by atoms with Crippen molar-refractivity contribution in [3.8, 4) is 0 Å². The lowest BCUT2D eigenvalue weighted by molar-refractivity contribution is -0.150. The van der Waals surface area contributed by atoms with Gasteiger partial charge in [-0.2, -0.15) is 0 Å². The van der Waals surface area contributed by atoms with E-state index in [1.165, 1.54) is 0 Å². The van der Waals surface area contributed by atoms with E-state index >= 15 is 0 Å². The normalized spacial score (nSPS) is 21.4. The van der Waals surface area contributed by atoms with Gasteiger partial charge in [0.25, 0.3) is 0 Å². The molecular formula is C7H11NO4. The molecule has 0 spiro atoms. The number of rotatable bonds is 4. The molecule has 0 aromatic carbocycles. The molecule has 0 aromatic rings. The van der Waals surface area contributed by atoms with E-state index in [2.05, 4.69) is 0 Å². The van der Waals surface area contributed by atoms with Gasteiger partial charge in [0.1, 0.15) is 6.04 Å². The predicted molar refractivity (Wildman–Crippen MR) is 39.5 cm³/mol. The average Bonchev–Trinajstić information content (AvgIpc) is 2.70. The lowest BCUT2D eigenvalue weighted by Crippen LogP contribution is -2.43. The van der Waals surface area contributed by atoms with Crippen LogP contribution in [0.5, 0.6) is 0 Å². The molecule has 68 valence electrons. The van der Waals surface area contributed by atoms with Gasteiger partial charge in [-0.1, -0.05) is 0 Å². The van der Waals surface area contributed by atoms with Crippen LogP contribution in [0.3, 0.4) is 0 Å². The highest BCUT2D eigenvalue weighted by molar-refractivity contribution is 5.82. The van der Waals surface area contributed by atoms with Gasteiger partial charge in [0, 0.05) is 0 Å². The molecule has 1 unspecified atom stereocenters. The second kappa shape index (κ2) is 3.10. The van der Waals surface area contributed by atoms with Gasteiger partial charge in [0.05, 0.1) is 5.92 Å². The molecule has 0 bridgehead atoms. The molecule has 0 radical (unpaired) electrons. The highest BCUT2D eigenvalue weighted by Crippen LogP contribution is 2.38. The second-order valence-corrected chi connectivity index (χ2v) is 3.07. The molecule has 1 aliphatic rings. The molecule has 2 atom stereocenters. The third-order valence-electron chi connectivity index (χ3n) is 2.09. The minimum Gasteiger partial charge on any atom is -0.481 e. The molecule has 1 rings (SSSR count). The molecular weight excluding hydrogens is 162 g/mol. The first-order valence-corrected chi connectivity index (χ1v) is 3.75. The van der Waals surface area contributed by atoms with Gasteiger partial charge in [-0.25, -0.2) is 0 Å². The summed E-state index contributed by atoms with van der Waals surface area (Å²) in [6.07, 6.45) is 1.55. The number of carboxylic acids is 2. The van der Waals surface area contributed by atoms with Crippen LogP contribution in [0.15, 0.2) is 0 Å². The summed E-state index contributed by atoms with van der Waals surface area (Å²) in [5.41, 5.74) is 5.22. The summed E-state index contributed by atoms with van der Waals surface area (Å²) in [6, 6.07) is -1.27. The quantitative estimate of drug-likeness (QED) is 0.532. The summed E-state index contributed by atoms with van der Waals surface area (Å²) < 4.78 is 0. The first kappa shape index (κ1) is 8.99. The SMILES string of the molecule is N[C@H](C(=O)O)C(C(=O)O)C1CC1. The van der Waals surface area contributed by atoms with Gasteiger partial charge in [0.15, 0.2) is 0 Å². The predicted octanol–water partition coefficient (Wildman–Crippen LogP) is -0.491. The van der Waals surface area contributed by atoms with Crippen LogP contribution in [-0.4, -0.2) is 28.2 Å². The zero-order chi connectivity index (χ0) is 9.30. The summed E-state index contributed by atoms with van der Waals surface area (Å²) in [5, 5.41) is 17.1. The lowest BCUT2D eigenvalue weighted by Gasteiger charge is -2.14. The highest BCUT2D eigenvalue weighted by atomic mass is 16.4. The Morgan fingerprint density at radius 3 is 2.00 bits per heavy atom. The third-order valence-corrected chi connectivity index (χ3v) is 2.09. The van der Waals surface area contributed by atoms with Gasteiger partial charge in [-0.15, -0.1) is 0 Å². The van der Waals surface area contributed by atoms with Gasteiger partial charge in [-0.05, 0) is 18.8 Å². The Hall–Kier alpha value is -1.10. The van der Waals surface area contributed by atoms with Crippen molar-refractivity contribution in [2.24, 2.45) is 17.6 Å². The summed E-state index contributed by atoms with van der Waals surface area (Å²) in [4.78, 5) is 21.0. The van der Waals surface area contributed by atoms with Crippen molar-refractivity contribution in [2.75, 3.05) is 0 Å². The monoisotopic (exact) mass is 173 g/mol. The molecule has 12 heavy (non-hydrogen) atoms. The van der Waals surface area contributed by atoms with E-state index in [4.69, 9.17) is 15.9 Å². The molecule has 0 amide bonds. The molecule has 1 aliphatic carbocycles. The number of hydrogen-bond donors (Lipinski definition) is 3. The molecule has 0 heterocycles. The van der Waals surface area contributed by atoms with E-state index in [0.717, 1.165) is 12.8 Å². The largest absolute Gasteiger partial charge is 0.481 e. The van der Waals surface area contributed by atoms with E-state index in [1.807, 2.05) is 0 Å². The van der Waals surface area contributed by atoms with Crippen LogP contribution in [0.1, 0.15) is 12.8 Å². The number of carboxylic acid groups (broad SMARTS) is 2. The molecule has 0 aliphatic heterocycles. The molecule has 4 N–H and O–H groups in total. The standard InChI is InChI=1S/C7H11NO4/c8-5(7(11)12)4(6(9)10)3-1-2-3/h3-5H,1-2,8H2,(H,9,10)(H,11,12)/t4?,5-/m0/s1. The van der Waals surface area contributed by atoms with E-state index in [9.17, 15) is 9.59 Å². The van der Waals surface area contributed by atoms with E-state index in [1.54, 1.807) is 0 Å². The molecule has 5 nitrogen and oxygen atoms in total. The van der Waals surface area contributed by atoms with Crippen LogP contribution in [0.2, 0.25) is 0 Å². The second-order valence-electron chi connectivity index (χ2n) is 3.07. The maximum absolute atomic E-state index is 10.6. The fourth-order valence-corrected chi connectivity index (χ4v) is 1.26. The zero-order valence-corrected chi connectivity index (χ0v) is 6.43. The number of aliphatic carboxylic acids is 2. The van der Waals surface area contributed by atoms with Crippen molar-refractivity contribution < 1.29 is 19.8 Å². The van der Waals surface area contributed by atoms with Crippen molar-refractivity contribution in [3.05, 3.63) is 0 Å². The third kappa shape index (κ3) is 1.73. The minimum atomic E-state index is -1.27. The summed E-state index contributed by atoms with van der Waals surface area (Å²) in [5.74, 6) is -3.29. The van der Waals surface area contributed by atoms with Crippen molar-refractivity contribution >= 4 is 11.9 Å². The highest BCUT2D eigenvalue weighted by Gasteiger charge is 2.42. The number of carbonyl (C=O) groups is 2. The van der Waals surface area contributed by atoms with Crippen LogP contribution in [0.25, 0.3) is 0 Å². The maximum atomic E-state index is 10.6. The number of hydrogen-bond acceptors (Lipinski definition) is 3. The van der Waals surface area contributed by atoms with Crippen LogP contribution in [0, 0.1) is 11.8 Å². The van der Waals surface area contributed by atoms with Gasteiger partial charge in [-0.3, -0.25) is 9.59 Å². The smallest absolute Gasteiger partial charge is 0.321 e. The molecule has 1 saturated carbocycles. The topological polar surface area (TPSA) is 101 Å². The van der Waals surface area contributed by atoms with Crippen molar-refractivity contribution in [3.63, 3.8) is 0 Å². The number of nitrogens with two attached hydrogens (primary N) is 1. The Morgan fingerprint density at radius 2 is 1.75 bits per heavy atom. The Morgan fingerprint density at radius 1 is 1.25 bits per heavy atom. The molecule has 0 saturated heterocycles. The summed E-state index contributed by atoms with van der Waals surface area (Å²) in [6.45, 7) is 0. The van der Waals surface area contributed by atoms with Crippen molar-refractivity contribution in [1.82, 2.24) is 0 Å². The first-order chi connectivity index (χ1) is 5.54. The Bertz CT molecular complexity index is 211.